The predicted molar refractivity (Wildman–Crippen MR) is 81.0 cm³/mol. The van der Waals surface area contributed by atoms with Crippen molar-refractivity contribution >= 4 is 5.69 Å². The van der Waals surface area contributed by atoms with Crippen molar-refractivity contribution in [3.63, 3.8) is 0 Å². The van der Waals surface area contributed by atoms with Crippen LogP contribution in [0.5, 0.6) is 0 Å². The molecule has 0 aliphatic carbocycles. The molecule has 0 unspecified atom stereocenters. The van der Waals surface area contributed by atoms with E-state index in [2.05, 4.69) is 34.1 Å². The molecule has 2 heterocycles. The summed E-state index contributed by atoms with van der Waals surface area (Å²) in [7, 11) is 0. The zero-order valence-corrected chi connectivity index (χ0v) is 12.3. The quantitative estimate of drug-likeness (QED) is 0.832. The van der Waals surface area contributed by atoms with Gasteiger partial charge in [0, 0.05) is 38.4 Å². The van der Waals surface area contributed by atoms with E-state index in [-0.39, 0.29) is 0 Å². The van der Waals surface area contributed by atoms with Crippen LogP contribution in [0.3, 0.4) is 0 Å². The molecule has 0 spiro atoms. The summed E-state index contributed by atoms with van der Waals surface area (Å²) in [6.45, 7) is 11.5. The van der Waals surface area contributed by atoms with Gasteiger partial charge in [-0.25, -0.2) is 0 Å². The molecule has 0 saturated carbocycles. The highest BCUT2D eigenvalue weighted by Gasteiger charge is 2.19. The molecule has 0 aromatic heterocycles. The largest absolute Gasteiger partial charge is 0.379 e. The summed E-state index contributed by atoms with van der Waals surface area (Å²) < 4.78 is 5.37. The monoisotopic (exact) mass is 262 g/mol. The third-order valence-electron chi connectivity index (χ3n) is 3.77. The van der Waals surface area contributed by atoms with Gasteiger partial charge in [-0.1, -0.05) is 32.0 Å². The molecular weight excluding hydrogens is 236 g/mol. The van der Waals surface area contributed by atoms with Crippen molar-refractivity contribution in [2.75, 3.05) is 50.8 Å². The van der Waals surface area contributed by atoms with Crippen LogP contribution >= 0.6 is 0 Å². The lowest BCUT2D eigenvalue weighted by Gasteiger charge is -2.29. The van der Waals surface area contributed by atoms with Crippen LogP contribution in [0.1, 0.15) is 19.4 Å². The summed E-state index contributed by atoms with van der Waals surface area (Å²) in [6, 6.07) is 8.79. The summed E-state index contributed by atoms with van der Waals surface area (Å²) in [5.41, 5.74) is 2.95. The standard InChI is InChI=1S/C14H20N2O.C2H6/c1-2-4-14-13(3-1)5-6-16(14)8-7-15-9-11-17-12-10-15;1-2/h1-4H,5-12H2;1-2H3. The maximum absolute atomic E-state index is 5.37. The number of benzene rings is 1. The number of anilines is 1. The molecule has 19 heavy (non-hydrogen) atoms. The fraction of sp³-hybridized carbons (Fsp3) is 0.625. The van der Waals surface area contributed by atoms with Crippen molar-refractivity contribution in [2.24, 2.45) is 0 Å². The van der Waals surface area contributed by atoms with Gasteiger partial charge in [0.1, 0.15) is 0 Å². The number of fused-ring (bicyclic) bond motifs is 1. The first-order valence-electron chi connectivity index (χ1n) is 7.56. The van der Waals surface area contributed by atoms with Gasteiger partial charge < -0.3 is 9.64 Å². The highest BCUT2D eigenvalue weighted by Crippen LogP contribution is 2.26. The number of morpholine rings is 1. The van der Waals surface area contributed by atoms with Crippen LogP contribution < -0.4 is 4.90 Å². The maximum Gasteiger partial charge on any atom is 0.0594 e. The predicted octanol–water partition coefficient (Wildman–Crippen LogP) is 2.41. The Bertz CT molecular complexity index is 375. The van der Waals surface area contributed by atoms with E-state index in [0.717, 1.165) is 39.4 Å². The van der Waals surface area contributed by atoms with Gasteiger partial charge in [-0.15, -0.1) is 0 Å². The first-order valence-corrected chi connectivity index (χ1v) is 7.56. The molecule has 0 atom stereocenters. The second kappa shape index (κ2) is 7.51. The summed E-state index contributed by atoms with van der Waals surface area (Å²) >= 11 is 0. The molecule has 1 aromatic carbocycles. The summed E-state index contributed by atoms with van der Waals surface area (Å²) in [4.78, 5) is 5.02. The minimum atomic E-state index is 0.899. The zero-order valence-electron chi connectivity index (χ0n) is 12.3. The Balaban J connectivity index is 0.000000637. The van der Waals surface area contributed by atoms with Crippen LogP contribution in [0.4, 0.5) is 5.69 Å². The molecule has 3 nitrogen and oxygen atoms in total. The SMILES string of the molecule is CC.c1ccc2c(c1)CCN2CCN1CCOCC1. The van der Waals surface area contributed by atoms with Gasteiger partial charge >= 0.3 is 0 Å². The van der Waals surface area contributed by atoms with Crippen LogP contribution in [0.25, 0.3) is 0 Å². The number of para-hydroxylation sites is 1. The molecule has 0 amide bonds. The van der Waals surface area contributed by atoms with Gasteiger partial charge in [0.25, 0.3) is 0 Å². The Labute approximate surface area is 117 Å². The van der Waals surface area contributed by atoms with Crippen molar-refractivity contribution in [2.45, 2.75) is 20.3 Å². The molecular formula is C16H26N2O. The third-order valence-corrected chi connectivity index (χ3v) is 3.77. The lowest BCUT2D eigenvalue weighted by molar-refractivity contribution is 0.0392. The summed E-state index contributed by atoms with van der Waals surface area (Å²) in [5.74, 6) is 0. The molecule has 0 bridgehead atoms. The Hall–Kier alpha value is -1.06. The third kappa shape index (κ3) is 3.71. The van der Waals surface area contributed by atoms with E-state index in [9.17, 15) is 0 Å². The van der Waals surface area contributed by atoms with E-state index < -0.39 is 0 Å². The van der Waals surface area contributed by atoms with Gasteiger partial charge in [-0.3, -0.25) is 4.90 Å². The number of nitrogens with zero attached hydrogens (tertiary/aromatic N) is 2. The Morgan fingerprint density at radius 2 is 1.74 bits per heavy atom. The van der Waals surface area contributed by atoms with E-state index in [1.807, 2.05) is 13.8 Å². The molecule has 3 heteroatoms. The molecule has 0 N–H and O–H groups in total. The lowest BCUT2D eigenvalue weighted by atomic mass is 10.2. The van der Waals surface area contributed by atoms with Crippen LogP contribution in [0.2, 0.25) is 0 Å². The fourth-order valence-electron chi connectivity index (χ4n) is 2.73. The van der Waals surface area contributed by atoms with Crippen molar-refractivity contribution < 1.29 is 4.74 Å². The minimum absolute atomic E-state index is 0.899. The molecule has 1 aromatic rings. The topological polar surface area (TPSA) is 15.7 Å². The first-order chi connectivity index (χ1) is 9.43. The number of ether oxygens (including phenoxy) is 1. The minimum Gasteiger partial charge on any atom is -0.379 e. The van der Waals surface area contributed by atoms with Gasteiger partial charge in [-0.2, -0.15) is 0 Å². The van der Waals surface area contributed by atoms with Crippen LogP contribution in [0.15, 0.2) is 24.3 Å². The number of hydrogen-bond donors (Lipinski definition) is 0. The van der Waals surface area contributed by atoms with Crippen LogP contribution in [-0.4, -0.2) is 50.8 Å². The lowest BCUT2D eigenvalue weighted by Crippen LogP contribution is -2.41. The molecule has 1 fully saturated rings. The molecule has 106 valence electrons. The molecule has 1 saturated heterocycles. The molecule has 0 radical (unpaired) electrons. The van der Waals surface area contributed by atoms with E-state index in [1.54, 1.807) is 0 Å². The molecule has 3 rings (SSSR count). The smallest absolute Gasteiger partial charge is 0.0594 e. The van der Waals surface area contributed by atoms with Gasteiger partial charge in [-0.05, 0) is 18.1 Å². The molecule has 2 aliphatic rings. The first kappa shape index (κ1) is 14.4. The number of hydrogen-bond acceptors (Lipinski definition) is 3. The maximum atomic E-state index is 5.37. The van der Waals surface area contributed by atoms with Crippen molar-refractivity contribution in [1.29, 1.82) is 0 Å². The second-order valence-electron chi connectivity index (χ2n) is 4.82. The average molecular weight is 262 g/mol. The van der Waals surface area contributed by atoms with Crippen molar-refractivity contribution in [3.05, 3.63) is 29.8 Å². The van der Waals surface area contributed by atoms with E-state index in [1.165, 1.54) is 24.2 Å². The summed E-state index contributed by atoms with van der Waals surface area (Å²) in [5, 5.41) is 0. The van der Waals surface area contributed by atoms with Crippen molar-refractivity contribution in [3.8, 4) is 0 Å². The highest BCUT2D eigenvalue weighted by molar-refractivity contribution is 5.57. The van der Waals surface area contributed by atoms with E-state index in [0.29, 0.717) is 0 Å². The van der Waals surface area contributed by atoms with Gasteiger partial charge in [0.2, 0.25) is 0 Å². The Morgan fingerprint density at radius 1 is 1.00 bits per heavy atom. The second-order valence-corrected chi connectivity index (χ2v) is 4.82. The Kier molecular flexibility index (Phi) is 5.67. The Morgan fingerprint density at radius 3 is 2.53 bits per heavy atom. The van der Waals surface area contributed by atoms with Gasteiger partial charge in [0.15, 0.2) is 0 Å². The van der Waals surface area contributed by atoms with E-state index in [4.69, 9.17) is 4.74 Å². The van der Waals surface area contributed by atoms with E-state index >= 15 is 0 Å². The fourth-order valence-corrected chi connectivity index (χ4v) is 2.73. The highest BCUT2D eigenvalue weighted by atomic mass is 16.5. The average Bonchev–Trinajstić information content (AvgIpc) is 2.92. The van der Waals surface area contributed by atoms with Gasteiger partial charge in [0.05, 0.1) is 13.2 Å². The normalized spacial score (nSPS) is 18.7. The molecule has 2 aliphatic heterocycles. The van der Waals surface area contributed by atoms with Crippen molar-refractivity contribution in [1.82, 2.24) is 4.90 Å². The van der Waals surface area contributed by atoms with Crippen LogP contribution in [0, 0.1) is 0 Å². The zero-order chi connectivity index (χ0) is 13.5. The van der Waals surface area contributed by atoms with Crippen LogP contribution in [-0.2, 0) is 11.2 Å². The summed E-state index contributed by atoms with van der Waals surface area (Å²) in [6.07, 6.45) is 1.21. The number of rotatable bonds is 3.